The maximum Gasteiger partial charge on any atom is 0.163 e. The minimum atomic E-state index is -1.26. The molecule has 112 valence electrons. The minimum absolute atomic E-state index is 0.219. The highest BCUT2D eigenvalue weighted by Gasteiger charge is 2.53. The first-order valence-electron chi connectivity index (χ1n) is 7.05. The van der Waals surface area contributed by atoms with Crippen LogP contribution >= 0.6 is 0 Å². The van der Waals surface area contributed by atoms with Crippen LogP contribution in [-0.2, 0) is 10.2 Å². The number of benzene rings is 1. The van der Waals surface area contributed by atoms with Crippen molar-refractivity contribution in [3.8, 4) is 0 Å². The highest BCUT2D eigenvalue weighted by Crippen LogP contribution is 2.52. The number of hydrogen-bond donors (Lipinski definition) is 2. The van der Waals surface area contributed by atoms with Gasteiger partial charge < -0.3 is 15.6 Å². The lowest BCUT2D eigenvalue weighted by Gasteiger charge is -2.55. The number of methoxy groups -OCH3 is 1. The Kier molecular flexibility index (Phi) is 3.93. The molecule has 4 heteroatoms. The molecule has 3 N–H and O–H groups in total. The first-order valence-corrected chi connectivity index (χ1v) is 7.05. The van der Waals surface area contributed by atoms with Crippen LogP contribution in [-0.4, -0.2) is 23.5 Å². The lowest BCUT2D eigenvalue weighted by Crippen LogP contribution is -2.62. The first kappa shape index (κ1) is 15.4. The van der Waals surface area contributed by atoms with Gasteiger partial charge in [-0.1, -0.05) is 18.6 Å². The van der Waals surface area contributed by atoms with Crippen LogP contribution in [0.1, 0.15) is 45.1 Å². The Morgan fingerprint density at radius 1 is 1.30 bits per heavy atom. The molecule has 1 fully saturated rings. The Morgan fingerprint density at radius 3 is 2.25 bits per heavy atom. The zero-order chi connectivity index (χ0) is 15.0. The Labute approximate surface area is 119 Å². The van der Waals surface area contributed by atoms with E-state index in [1.165, 1.54) is 19.2 Å². The number of hydrogen-bond acceptors (Lipinski definition) is 3. The summed E-state index contributed by atoms with van der Waals surface area (Å²) in [5.41, 5.74) is 6.76. The van der Waals surface area contributed by atoms with E-state index in [4.69, 9.17) is 10.5 Å². The standard InChI is InChI=1S/C16H24FNO2/c1-14(18,11-15(2,19)20-3)16(9-4-10-16)12-5-7-13(17)8-6-12/h5-8,19H,4,9-11,18H2,1-3H3. The molecule has 0 bridgehead atoms. The third kappa shape index (κ3) is 2.60. The number of ether oxygens (including phenoxy) is 1. The zero-order valence-corrected chi connectivity index (χ0v) is 12.4. The van der Waals surface area contributed by atoms with Crippen molar-refractivity contribution < 1.29 is 14.2 Å². The smallest absolute Gasteiger partial charge is 0.163 e. The molecule has 0 heterocycles. The summed E-state index contributed by atoms with van der Waals surface area (Å²) in [5.74, 6) is -1.50. The van der Waals surface area contributed by atoms with Crippen LogP contribution in [0.25, 0.3) is 0 Å². The molecular weight excluding hydrogens is 257 g/mol. The van der Waals surface area contributed by atoms with Gasteiger partial charge in [-0.15, -0.1) is 0 Å². The molecule has 0 aromatic heterocycles. The molecule has 3 nitrogen and oxygen atoms in total. The molecular formula is C16H24FNO2. The molecule has 1 aromatic rings. The van der Waals surface area contributed by atoms with Gasteiger partial charge in [-0.3, -0.25) is 0 Å². The van der Waals surface area contributed by atoms with Crippen molar-refractivity contribution >= 4 is 0 Å². The van der Waals surface area contributed by atoms with E-state index in [-0.39, 0.29) is 11.2 Å². The van der Waals surface area contributed by atoms with Crippen LogP contribution in [0.2, 0.25) is 0 Å². The summed E-state index contributed by atoms with van der Waals surface area (Å²) >= 11 is 0. The van der Waals surface area contributed by atoms with Crippen molar-refractivity contribution in [2.75, 3.05) is 7.11 Å². The van der Waals surface area contributed by atoms with E-state index in [0.717, 1.165) is 24.8 Å². The molecule has 0 saturated heterocycles. The Morgan fingerprint density at radius 2 is 1.85 bits per heavy atom. The zero-order valence-electron chi connectivity index (χ0n) is 12.4. The molecule has 20 heavy (non-hydrogen) atoms. The van der Waals surface area contributed by atoms with Crippen molar-refractivity contribution in [3.63, 3.8) is 0 Å². The summed E-state index contributed by atoms with van der Waals surface area (Å²) in [7, 11) is 1.47. The van der Waals surface area contributed by atoms with Crippen molar-refractivity contribution in [1.82, 2.24) is 0 Å². The number of rotatable bonds is 5. The number of halogens is 1. The minimum Gasteiger partial charge on any atom is -0.366 e. The second kappa shape index (κ2) is 5.10. The normalized spacial score (nSPS) is 23.5. The van der Waals surface area contributed by atoms with Gasteiger partial charge in [-0.05, 0) is 44.4 Å². The van der Waals surface area contributed by atoms with Gasteiger partial charge in [0, 0.05) is 24.5 Å². The van der Waals surface area contributed by atoms with E-state index in [1.807, 2.05) is 6.92 Å². The molecule has 0 amide bonds. The summed E-state index contributed by atoms with van der Waals surface area (Å²) in [4.78, 5) is 0. The molecule has 2 unspecified atom stereocenters. The van der Waals surface area contributed by atoms with Gasteiger partial charge in [0.25, 0.3) is 0 Å². The maximum atomic E-state index is 13.1. The van der Waals surface area contributed by atoms with E-state index in [2.05, 4.69) is 0 Å². The molecule has 1 aromatic carbocycles. The van der Waals surface area contributed by atoms with Gasteiger partial charge in [-0.25, -0.2) is 4.39 Å². The molecule has 0 radical (unpaired) electrons. The number of aliphatic hydroxyl groups is 1. The van der Waals surface area contributed by atoms with Crippen LogP contribution in [0, 0.1) is 5.82 Å². The van der Waals surface area contributed by atoms with Crippen molar-refractivity contribution in [2.45, 2.75) is 56.3 Å². The second-order valence-corrected chi connectivity index (χ2v) is 6.42. The fourth-order valence-electron chi connectivity index (χ4n) is 3.41. The van der Waals surface area contributed by atoms with E-state index in [9.17, 15) is 9.50 Å². The molecule has 1 aliphatic rings. The van der Waals surface area contributed by atoms with E-state index >= 15 is 0 Å². The van der Waals surface area contributed by atoms with Crippen molar-refractivity contribution in [2.24, 2.45) is 5.73 Å². The largest absolute Gasteiger partial charge is 0.366 e. The molecule has 2 rings (SSSR count). The predicted octanol–water partition coefficient (Wildman–Crippen LogP) is 2.71. The summed E-state index contributed by atoms with van der Waals surface area (Å²) in [5, 5.41) is 10.2. The van der Waals surface area contributed by atoms with Gasteiger partial charge in [0.15, 0.2) is 5.79 Å². The van der Waals surface area contributed by atoms with Gasteiger partial charge in [-0.2, -0.15) is 0 Å². The van der Waals surface area contributed by atoms with Gasteiger partial charge in [0.05, 0.1) is 0 Å². The third-order valence-corrected chi connectivity index (χ3v) is 4.83. The summed E-state index contributed by atoms with van der Waals surface area (Å²) in [6, 6.07) is 6.56. The highest BCUT2D eigenvalue weighted by atomic mass is 19.1. The average molecular weight is 281 g/mol. The monoisotopic (exact) mass is 281 g/mol. The summed E-state index contributed by atoms with van der Waals surface area (Å²) in [6.07, 6.45) is 3.32. The molecule has 1 saturated carbocycles. The summed E-state index contributed by atoms with van der Waals surface area (Å²) in [6.45, 7) is 3.57. The molecule has 0 spiro atoms. The van der Waals surface area contributed by atoms with Gasteiger partial charge >= 0.3 is 0 Å². The predicted molar refractivity (Wildman–Crippen MR) is 76.8 cm³/mol. The van der Waals surface area contributed by atoms with E-state index < -0.39 is 11.3 Å². The first-order chi connectivity index (χ1) is 9.22. The Balaban J connectivity index is 2.32. The van der Waals surface area contributed by atoms with E-state index in [0.29, 0.717) is 6.42 Å². The van der Waals surface area contributed by atoms with Crippen LogP contribution in [0.4, 0.5) is 4.39 Å². The quantitative estimate of drug-likeness (QED) is 0.816. The summed E-state index contributed by atoms with van der Waals surface area (Å²) < 4.78 is 18.2. The maximum absolute atomic E-state index is 13.1. The third-order valence-electron chi connectivity index (χ3n) is 4.83. The van der Waals surface area contributed by atoms with Crippen molar-refractivity contribution in [1.29, 1.82) is 0 Å². The SMILES string of the molecule is COC(C)(O)CC(C)(N)C1(c2ccc(F)cc2)CCC1. The van der Waals surface area contributed by atoms with Crippen LogP contribution in [0.5, 0.6) is 0 Å². The lowest BCUT2D eigenvalue weighted by atomic mass is 9.53. The van der Waals surface area contributed by atoms with E-state index in [1.54, 1.807) is 19.1 Å². The molecule has 0 aliphatic heterocycles. The topological polar surface area (TPSA) is 55.5 Å². The fraction of sp³-hybridized carbons (Fsp3) is 0.625. The number of nitrogens with two attached hydrogens (primary N) is 1. The fourth-order valence-corrected chi connectivity index (χ4v) is 3.41. The average Bonchev–Trinajstić information content (AvgIpc) is 2.28. The van der Waals surface area contributed by atoms with Crippen LogP contribution in [0.15, 0.2) is 24.3 Å². The Hall–Kier alpha value is -0.970. The van der Waals surface area contributed by atoms with Crippen LogP contribution in [0.3, 0.4) is 0 Å². The Bertz CT molecular complexity index is 464. The molecule has 1 aliphatic carbocycles. The lowest BCUT2D eigenvalue weighted by molar-refractivity contribution is -0.190. The highest BCUT2D eigenvalue weighted by molar-refractivity contribution is 5.33. The van der Waals surface area contributed by atoms with Gasteiger partial charge in [0.2, 0.25) is 0 Å². The molecule has 2 atom stereocenters. The van der Waals surface area contributed by atoms with Gasteiger partial charge in [0.1, 0.15) is 5.82 Å². The van der Waals surface area contributed by atoms with Crippen LogP contribution < -0.4 is 5.73 Å². The van der Waals surface area contributed by atoms with Crippen molar-refractivity contribution in [3.05, 3.63) is 35.6 Å². The second-order valence-electron chi connectivity index (χ2n) is 6.42.